The van der Waals surface area contributed by atoms with Crippen LogP contribution in [-0.2, 0) is 17.7 Å². The fourth-order valence-electron chi connectivity index (χ4n) is 2.14. The van der Waals surface area contributed by atoms with Crippen LogP contribution in [0.4, 0.5) is 0 Å². The van der Waals surface area contributed by atoms with Crippen LogP contribution in [0.5, 0.6) is 0 Å². The molecule has 0 aliphatic heterocycles. The lowest BCUT2D eigenvalue weighted by atomic mass is 10.3. The molecule has 0 aliphatic rings. The topological polar surface area (TPSA) is 97.5 Å². The van der Waals surface area contributed by atoms with E-state index in [1.807, 2.05) is 27.7 Å². The maximum absolute atomic E-state index is 5.45. The van der Waals surface area contributed by atoms with Crippen LogP contribution >= 0.6 is 11.3 Å². The molecule has 1 unspecified atom stereocenters. The van der Waals surface area contributed by atoms with Gasteiger partial charge in [0.15, 0.2) is 11.8 Å². The maximum atomic E-state index is 5.45. The second kappa shape index (κ2) is 10.1. The molecule has 0 aromatic carbocycles. The van der Waals surface area contributed by atoms with Gasteiger partial charge in [-0.2, -0.15) is 4.98 Å². The highest BCUT2D eigenvalue weighted by molar-refractivity contribution is 7.09. The molecule has 0 fully saturated rings. The summed E-state index contributed by atoms with van der Waals surface area (Å²) in [6.07, 6.45) is 0.671. The summed E-state index contributed by atoms with van der Waals surface area (Å²) >= 11 is 1.67. The first-order valence-electron chi connectivity index (χ1n) is 8.49. The van der Waals surface area contributed by atoms with Crippen molar-refractivity contribution in [3.8, 4) is 0 Å². The fourth-order valence-corrected chi connectivity index (χ4v) is 2.79. The molecule has 0 radical (unpaired) electrons. The molecule has 8 nitrogen and oxygen atoms in total. The highest BCUT2D eigenvalue weighted by Crippen LogP contribution is 2.13. The minimum Gasteiger partial charge on any atom is -0.371 e. The van der Waals surface area contributed by atoms with Crippen molar-refractivity contribution in [1.82, 2.24) is 25.8 Å². The van der Waals surface area contributed by atoms with Crippen molar-refractivity contribution in [3.05, 3.63) is 27.8 Å². The lowest BCUT2D eigenvalue weighted by Gasteiger charge is -2.09. The van der Waals surface area contributed by atoms with Gasteiger partial charge in [0.1, 0.15) is 12.6 Å². The zero-order chi connectivity index (χ0) is 18.1. The van der Waals surface area contributed by atoms with Gasteiger partial charge in [0, 0.05) is 31.5 Å². The van der Waals surface area contributed by atoms with Gasteiger partial charge in [-0.25, -0.2) is 9.98 Å². The molecule has 2 rings (SSSR count). The van der Waals surface area contributed by atoms with E-state index in [2.05, 4.69) is 36.1 Å². The van der Waals surface area contributed by atoms with Gasteiger partial charge in [0.05, 0.1) is 10.7 Å². The van der Waals surface area contributed by atoms with E-state index < -0.39 is 0 Å². The molecule has 0 aliphatic carbocycles. The van der Waals surface area contributed by atoms with Gasteiger partial charge < -0.3 is 19.9 Å². The summed E-state index contributed by atoms with van der Waals surface area (Å²) < 4.78 is 10.7. The average molecular weight is 366 g/mol. The Morgan fingerprint density at radius 3 is 2.88 bits per heavy atom. The number of aliphatic imine (C=N–C) groups is 1. The van der Waals surface area contributed by atoms with Crippen LogP contribution in [0.3, 0.4) is 0 Å². The first-order valence-corrected chi connectivity index (χ1v) is 9.37. The van der Waals surface area contributed by atoms with Gasteiger partial charge >= 0.3 is 0 Å². The largest absolute Gasteiger partial charge is 0.371 e. The van der Waals surface area contributed by atoms with Crippen molar-refractivity contribution in [2.75, 3.05) is 19.7 Å². The lowest BCUT2D eigenvalue weighted by molar-refractivity contribution is 0.0683. The van der Waals surface area contributed by atoms with E-state index in [0.717, 1.165) is 30.2 Å². The molecule has 0 saturated carbocycles. The zero-order valence-corrected chi connectivity index (χ0v) is 16.0. The predicted octanol–water partition coefficient (Wildman–Crippen LogP) is 2.23. The zero-order valence-electron chi connectivity index (χ0n) is 15.2. The highest BCUT2D eigenvalue weighted by Gasteiger charge is 2.13. The molecular formula is C16H26N6O2S. The normalized spacial score (nSPS) is 13.0. The number of aromatic nitrogens is 3. The molecule has 138 valence electrons. The first kappa shape index (κ1) is 19.3. The van der Waals surface area contributed by atoms with Crippen molar-refractivity contribution in [2.45, 2.75) is 46.8 Å². The van der Waals surface area contributed by atoms with E-state index in [1.54, 1.807) is 11.3 Å². The summed E-state index contributed by atoms with van der Waals surface area (Å²) in [4.78, 5) is 13.3. The smallest absolute Gasteiger partial charge is 0.248 e. The Morgan fingerprint density at radius 2 is 2.20 bits per heavy atom. The average Bonchev–Trinajstić information content (AvgIpc) is 3.22. The van der Waals surface area contributed by atoms with Crippen molar-refractivity contribution in [1.29, 1.82) is 0 Å². The van der Waals surface area contributed by atoms with Crippen molar-refractivity contribution in [3.63, 3.8) is 0 Å². The van der Waals surface area contributed by atoms with Crippen LogP contribution in [0, 0.1) is 6.92 Å². The Labute approximate surface area is 152 Å². The van der Waals surface area contributed by atoms with Crippen LogP contribution in [0.25, 0.3) is 0 Å². The minimum absolute atomic E-state index is 0.181. The number of guanidine groups is 1. The standard InChI is InChI=1S/C16H26N6O2S/c1-5-17-16(18-8-7-13-10-25-12(4)20-13)19-9-14-21-15(22-24-14)11(3)23-6-2/h10-11H,5-9H2,1-4H3,(H2,17,18,19). The van der Waals surface area contributed by atoms with Crippen LogP contribution in [0.1, 0.15) is 49.3 Å². The molecule has 2 aromatic heterocycles. The van der Waals surface area contributed by atoms with Gasteiger partial charge in [-0.3, -0.25) is 0 Å². The molecule has 2 N–H and O–H groups in total. The molecule has 2 heterocycles. The van der Waals surface area contributed by atoms with Gasteiger partial charge in [-0.1, -0.05) is 5.16 Å². The fraction of sp³-hybridized carbons (Fsp3) is 0.625. The van der Waals surface area contributed by atoms with Crippen molar-refractivity contribution >= 4 is 17.3 Å². The summed E-state index contributed by atoms with van der Waals surface area (Å²) in [5.74, 6) is 1.73. The Kier molecular flexibility index (Phi) is 7.80. The Hall–Kier alpha value is -2.00. The second-order valence-corrected chi connectivity index (χ2v) is 6.44. The molecular weight excluding hydrogens is 340 g/mol. The number of ether oxygens (including phenoxy) is 1. The van der Waals surface area contributed by atoms with Crippen LogP contribution in [0.2, 0.25) is 0 Å². The molecule has 25 heavy (non-hydrogen) atoms. The minimum atomic E-state index is -0.181. The summed E-state index contributed by atoms with van der Waals surface area (Å²) in [7, 11) is 0. The number of nitrogens with zero attached hydrogens (tertiary/aromatic N) is 4. The van der Waals surface area contributed by atoms with E-state index in [1.165, 1.54) is 0 Å². The molecule has 1 atom stereocenters. The van der Waals surface area contributed by atoms with Crippen LogP contribution in [0.15, 0.2) is 14.9 Å². The van der Waals surface area contributed by atoms with E-state index in [0.29, 0.717) is 30.8 Å². The maximum Gasteiger partial charge on any atom is 0.248 e. The Morgan fingerprint density at radius 1 is 1.36 bits per heavy atom. The third-order valence-electron chi connectivity index (χ3n) is 3.32. The highest BCUT2D eigenvalue weighted by atomic mass is 32.1. The van der Waals surface area contributed by atoms with Gasteiger partial charge in [-0.15, -0.1) is 11.3 Å². The van der Waals surface area contributed by atoms with Crippen LogP contribution < -0.4 is 10.6 Å². The number of aryl methyl sites for hydroxylation is 1. The van der Waals surface area contributed by atoms with Gasteiger partial charge in [0.25, 0.3) is 0 Å². The Bertz CT molecular complexity index is 669. The number of nitrogens with one attached hydrogen (secondary N) is 2. The van der Waals surface area contributed by atoms with Gasteiger partial charge in [0.2, 0.25) is 5.89 Å². The lowest BCUT2D eigenvalue weighted by Crippen LogP contribution is -2.38. The molecule has 9 heteroatoms. The predicted molar refractivity (Wildman–Crippen MR) is 97.7 cm³/mol. The second-order valence-electron chi connectivity index (χ2n) is 5.37. The summed E-state index contributed by atoms with van der Waals surface area (Å²) in [5, 5.41) is 13.6. The SMILES string of the molecule is CCNC(=NCc1nc(C(C)OCC)no1)NCCc1csc(C)n1. The molecule has 0 bridgehead atoms. The molecule has 0 spiro atoms. The van der Waals surface area contributed by atoms with E-state index in [9.17, 15) is 0 Å². The molecule has 0 amide bonds. The first-order chi connectivity index (χ1) is 12.1. The summed E-state index contributed by atoms with van der Waals surface area (Å²) in [6.45, 7) is 10.3. The third-order valence-corrected chi connectivity index (χ3v) is 4.14. The number of rotatable bonds is 9. The Balaban J connectivity index is 1.86. The monoisotopic (exact) mass is 366 g/mol. The molecule has 0 saturated heterocycles. The molecule has 2 aromatic rings. The van der Waals surface area contributed by atoms with Gasteiger partial charge in [-0.05, 0) is 27.7 Å². The van der Waals surface area contributed by atoms with E-state index in [-0.39, 0.29) is 6.10 Å². The summed E-state index contributed by atoms with van der Waals surface area (Å²) in [5.41, 5.74) is 1.09. The number of hydrogen-bond donors (Lipinski definition) is 2. The van der Waals surface area contributed by atoms with E-state index in [4.69, 9.17) is 9.26 Å². The quantitative estimate of drug-likeness (QED) is 0.519. The third kappa shape index (κ3) is 6.43. The number of hydrogen-bond acceptors (Lipinski definition) is 7. The van der Waals surface area contributed by atoms with Crippen molar-refractivity contribution < 1.29 is 9.26 Å². The van der Waals surface area contributed by atoms with Crippen LogP contribution in [-0.4, -0.2) is 40.8 Å². The van der Waals surface area contributed by atoms with E-state index >= 15 is 0 Å². The number of thiazole rings is 1. The summed E-state index contributed by atoms with van der Waals surface area (Å²) in [6, 6.07) is 0. The van der Waals surface area contributed by atoms with Crippen molar-refractivity contribution in [2.24, 2.45) is 4.99 Å².